The molecule has 0 spiro atoms. The van der Waals surface area contributed by atoms with E-state index in [1.165, 1.54) is 11.4 Å². The van der Waals surface area contributed by atoms with Gasteiger partial charge in [-0.05, 0) is 37.3 Å². The third-order valence-electron chi connectivity index (χ3n) is 3.77. The van der Waals surface area contributed by atoms with Gasteiger partial charge in [-0.2, -0.15) is 0 Å². The summed E-state index contributed by atoms with van der Waals surface area (Å²) >= 11 is 0. The molecule has 0 aliphatic carbocycles. The minimum atomic E-state index is -3.55. The van der Waals surface area contributed by atoms with Crippen LogP contribution >= 0.6 is 0 Å². The number of methoxy groups -OCH3 is 1. The van der Waals surface area contributed by atoms with E-state index in [9.17, 15) is 13.2 Å². The maximum atomic E-state index is 12.3. The van der Waals surface area contributed by atoms with Gasteiger partial charge in [0.15, 0.2) is 0 Å². The van der Waals surface area contributed by atoms with E-state index in [2.05, 4.69) is 5.32 Å². The second-order valence-electron chi connectivity index (χ2n) is 5.72. The highest BCUT2D eigenvalue weighted by atomic mass is 32.2. The Labute approximate surface area is 160 Å². The van der Waals surface area contributed by atoms with Crippen LogP contribution in [0.1, 0.15) is 17.3 Å². The maximum Gasteiger partial charge on any atom is 0.251 e. The van der Waals surface area contributed by atoms with E-state index >= 15 is 0 Å². The molecule has 0 aliphatic rings. The summed E-state index contributed by atoms with van der Waals surface area (Å²) in [5.74, 6) is 0.746. The summed E-state index contributed by atoms with van der Waals surface area (Å²) < 4.78 is 36.4. The van der Waals surface area contributed by atoms with Gasteiger partial charge in [0.25, 0.3) is 5.91 Å². The van der Waals surface area contributed by atoms with Gasteiger partial charge in [-0.1, -0.05) is 18.2 Å². The van der Waals surface area contributed by atoms with Crippen LogP contribution in [0, 0.1) is 0 Å². The van der Waals surface area contributed by atoms with Crippen LogP contribution in [0.15, 0.2) is 48.5 Å². The zero-order chi connectivity index (χ0) is 19.9. The molecule has 0 aromatic heterocycles. The fraction of sp³-hybridized carbons (Fsp3) is 0.316. The van der Waals surface area contributed by atoms with Gasteiger partial charge < -0.3 is 14.8 Å². The molecule has 0 aliphatic heterocycles. The van der Waals surface area contributed by atoms with E-state index in [1.807, 2.05) is 6.92 Å². The summed E-state index contributed by atoms with van der Waals surface area (Å²) in [6.07, 6.45) is 1.12. The zero-order valence-corrected chi connectivity index (χ0v) is 16.5. The first-order valence-corrected chi connectivity index (χ1v) is 10.3. The van der Waals surface area contributed by atoms with Gasteiger partial charge in [0.1, 0.15) is 11.5 Å². The van der Waals surface area contributed by atoms with Gasteiger partial charge in [0, 0.05) is 12.1 Å². The second-order valence-corrected chi connectivity index (χ2v) is 7.63. The van der Waals surface area contributed by atoms with Gasteiger partial charge in [0.2, 0.25) is 10.0 Å². The summed E-state index contributed by atoms with van der Waals surface area (Å²) in [4.78, 5) is 12.3. The number of hydrogen-bond donors (Lipinski definition) is 1. The molecule has 0 atom stereocenters. The number of hydrogen-bond acceptors (Lipinski definition) is 5. The molecule has 0 radical (unpaired) electrons. The van der Waals surface area contributed by atoms with Crippen molar-refractivity contribution in [2.75, 3.05) is 37.4 Å². The standard InChI is InChI=1S/C19H24N2O5S/c1-4-26-18-11-6-5-10-17(18)21(27(3,23)24)13-12-20-19(22)15-8-7-9-16(14-15)25-2/h5-11,14H,4,12-13H2,1-3H3,(H,20,22). The van der Waals surface area contributed by atoms with Gasteiger partial charge in [-0.25, -0.2) is 8.42 Å². The zero-order valence-electron chi connectivity index (χ0n) is 15.6. The van der Waals surface area contributed by atoms with Gasteiger partial charge in [-0.3, -0.25) is 9.10 Å². The van der Waals surface area contributed by atoms with Crippen LogP contribution < -0.4 is 19.1 Å². The lowest BCUT2D eigenvalue weighted by Crippen LogP contribution is -2.38. The maximum absolute atomic E-state index is 12.3. The topological polar surface area (TPSA) is 84.9 Å². The van der Waals surface area contributed by atoms with Crippen molar-refractivity contribution in [3.05, 3.63) is 54.1 Å². The molecule has 2 rings (SSSR count). The largest absolute Gasteiger partial charge is 0.497 e. The lowest BCUT2D eigenvalue weighted by atomic mass is 10.2. The molecular weight excluding hydrogens is 368 g/mol. The quantitative estimate of drug-likeness (QED) is 0.708. The van der Waals surface area contributed by atoms with E-state index in [0.717, 1.165) is 6.26 Å². The van der Waals surface area contributed by atoms with Crippen molar-refractivity contribution < 1.29 is 22.7 Å². The van der Waals surface area contributed by atoms with Crippen LogP contribution in [0.25, 0.3) is 0 Å². The summed E-state index contributed by atoms with van der Waals surface area (Å²) in [6, 6.07) is 13.7. The highest BCUT2D eigenvalue weighted by Gasteiger charge is 2.21. The number of amides is 1. The lowest BCUT2D eigenvalue weighted by Gasteiger charge is -2.24. The lowest BCUT2D eigenvalue weighted by molar-refractivity contribution is 0.0954. The van der Waals surface area contributed by atoms with Crippen molar-refractivity contribution in [1.29, 1.82) is 0 Å². The Hall–Kier alpha value is -2.74. The van der Waals surface area contributed by atoms with Crippen LogP contribution in [0.4, 0.5) is 5.69 Å². The van der Waals surface area contributed by atoms with Crippen molar-refractivity contribution in [3.8, 4) is 11.5 Å². The molecule has 0 bridgehead atoms. The summed E-state index contributed by atoms with van der Waals surface area (Å²) in [5.41, 5.74) is 0.882. The highest BCUT2D eigenvalue weighted by Crippen LogP contribution is 2.29. The van der Waals surface area contributed by atoms with E-state index < -0.39 is 10.0 Å². The van der Waals surface area contributed by atoms with Gasteiger partial charge in [-0.15, -0.1) is 0 Å². The van der Waals surface area contributed by atoms with Crippen molar-refractivity contribution in [3.63, 3.8) is 0 Å². The third kappa shape index (κ3) is 5.62. The SMILES string of the molecule is CCOc1ccccc1N(CCNC(=O)c1cccc(OC)c1)S(C)(=O)=O. The van der Waals surface area contributed by atoms with Crippen LogP contribution in [-0.2, 0) is 10.0 Å². The molecular formula is C19H24N2O5S. The summed E-state index contributed by atoms with van der Waals surface area (Å²) in [6.45, 7) is 2.47. The first kappa shape index (κ1) is 20.6. The Bertz CT molecular complexity index is 883. The molecule has 7 nitrogen and oxygen atoms in total. The predicted octanol–water partition coefficient (Wildman–Crippen LogP) is 2.29. The molecule has 8 heteroatoms. The predicted molar refractivity (Wildman–Crippen MR) is 105 cm³/mol. The van der Waals surface area contributed by atoms with Crippen LogP contribution in [-0.4, -0.2) is 47.4 Å². The Kier molecular flexibility index (Phi) is 7.06. The molecule has 0 unspecified atom stereocenters. The van der Waals surface area contributed by atoms with E-state index in [-0.39, 0.29) is 19.0 Å². The number of benzene rings is 2. The highest BCUT2D eigenvalue weighted by molar-refractivity contribution is 7.92. The number of rotatable bonds is 9. The fourth-order valence-electron chi connectivity index (χ4n) is 2.54. The molecule has 0 saturated carbocycles. The summed E-state index contributed by atoms with van der Waals surface area (Å²) in [7, 11) is -2.03. The van der Waals surface area contributed by atoms with Crippen molar-refractivity contribution in [2.24, 2.45) is 0 Å². The van der Waals surface area contributed by atoms with E-state index in [0.29, 0.717) is 29.4 Å². The number of nitrogens with one attached hydrogen (secondary N) is 1. The number of ether oxygens (including phenoxy) is 2. The molecule has 146 valence electrons. The number of carbonyl (C=O) groups excluding carboxylic acids is 1. The van der Waals surface area contributed by atoms with Gasteiger partial charge in [0.05, 0.1) is 32.2 Å². The number of carbonyl (C=O) groups is 1. The molecule has 1 N–H and O–H groups in total. The average Bonchev–Trinajstić information content (AvgIpc) is 2.65. The number of nitrogens with zero attached hydrogens (tertiary/aromatic N) is 1. The van der Waals surface area contributed by atoms with Crippen molar-refractivity contribution in [1.82, 2.24) is 5.32 Å². The Morgan fingerprint density at radius 2 is 1.89 bits per heavy atom. The van der Waals surface area contributed by atoms with Crippen LogP contribution in [0.5, 0.6) is 11.5 Å². The summed E-state index contributed by atoms with van der Waals surface area (Å²) in [5, 5.41) is 2.73. The molecule has 27 heavy (non-hydrogen) atoms. The Balaban J connectivity index is 2.11. The Morgan fingerprint density at radius 1 is 1.15 bits per heavy atom. The van der Waals surface area contributed by atoms with Crippen LogP contribution in [0.2, 0.25) is 0 Å². The normalized spacial score (nSPS) is 10.9. The molecule has 0 fully saturated rings. The van der Waals surface area contributed by atoms with E-state index in [4.69, 9.17) is 9.47 Å². The van der Waals surface area contributed by atoms with Crippen molar-refractivity contribution >= 4 is 21.6 Å². The van der Waals surface area contributed by atoms with Crippen molar-refractivity contribution in [2.45, 2.75) is 6.92 Å². The first-order valence-electron chi connectivity index (χ1n) is 8.48. The second kappa shape index (κ2) is 9.27. The molecule has 1 amide bonds. The molecule has 2 aromatic carbocycles. The smallest absolute Gasteiger partial charge is 0.251 e. The van der Waals surface area contributed by atoms with Crippen LogP contribution in [0.3, 0.4) is 0 Å². The number of para-hydroxylation sites is 2. The molecule has 2 aromatic rings. The third-order valence-corrected chi connectivity index (χ3v) is 4.95. The first-order chi connectivity index (χ1) is 12.9. The fourth-order valence-corrected chi connectivity index (χ4v) is 3.47. The molecule has 0 saturated heterocycles. The monoisotopic (exact) mass is 392 g/mol. The molecule has 0 heterocycles. The number of anilines is 1. The minimum absolute atomic E-state index is 0.0820. The number of sulfonamides is 1. The van der Waals surface area contributed by atoms with Gasteiger partial charge >= 0.3 is 0 Å². The Morgan fingerprint density at radius 3 is 2.56 bits per heavy atom. The average molecular weight is 392 g/mol. The van der Waals surface area contributed by atoms with E-state index in [1.54, 1.807) is 48.5 Å². The minimum Gasteiger partial charge on any atom is -0.497 e.